The van der Waals surface area contributed by atoms with Crippen molar-refractivity contribution in [1.82, 2.24) is 26.6 Å². The van der Waals surface area contributed by atoms with E-state index in [2.05, 4.69) is 26.6 Å². The Hall–Kier alpha value is -3.99. The molecule has 53 heavy (non-hydrogen) atoms. The molecule has 17 heteroatoms. The van der Waals surface area contributed by atoms with Crippen molar-refractivity contribution in [3.05, 3.63) is 0 Å². The Labute approximate surface area is 313 Å². The highest BCUT2D eigenvalue weighted by molar-refractivity contribution is 5.94. The zero-order valence-corrected chi connectivity index (χ0v) is 32.1. The Balaban J connectivity index is 3.25. The number of aliphatic hydroxyl groups is 1. The van der Waals surface area contributed by atoms with Crippen molar-refractivity contribution in [3.63, 3.8) is 0 Å². The van der Waals surface area contributed by atoms with E-state index in [9.17, 15) is 38.7 Å². The maximum Gasteiger partial charge on any atom is 0.408 e. The Bertz CT molecular complexity index is 1190. The second kappa shape index (κ2) is 25.1. The van der Waals surface area contributed by atoms with Crippen molar-refractivity contribution in [3.8, 4) is 0 Å². The first kappa shape index (κ1) is 47.0. The van der Waals surface area contributed by atoms with Crippen LogP contribution in [0, 0.1) is 5.92 Å². The van der Waals surface area contributed by atoms with Gasteiger partial charge in [-0.1, -0.05) is 39.5 Å². The molecule has 0 aromatic rings. The molecular weight excluding hydrogens is 692 g/mol. The number of rotatable bonds is 24. The number of hydrogen-bond acceptors (Lipinski definition) is 11. The molecule has 1 saturated carbocycles. The summed E-state index contributed by atoms with van der Waals surface area (Å²) in [5.41, 5.74) is 4.83. The number of nitrogens with two attached hydrogens (primary N) is 1. The van der Waals surface area contributed by atoms with Crippen molar-refractivity contribution in [2.24, 2.45) is 11.7 Å². The zero-order chi connectivity index (χ0) is 40.0. The SMILES string of the molecule is CCCOC(=O)CNC(=O)C(O)C(CCC)NC(=O)[C@H](CCCCN)NC(=O)[C@@H](NC(=O)[C@H](CCCC(=O)O)NC(=O)OC(C)(C)C)C1CCCCC1. The molecule has 304 valence electrons. The number of ether oxygens (including phenoxy) is 2. The van der Waals surface area contributed by atoms with Gasteiger partial charge in [0.2, 0.25) is 17.7 Å². The van der Waals surface area contributed by atoms with Crippen LogP contribution in [0.2, 0.25) is 0 Å². The average Bonchev–Trinajstić information content (AvgIpc) is 3.09. The number of esters is 1. The predicted molar refractivity (Wildman–Crippen MR) is 195 cm³/mol. The van der Waals surface area contributed by atoms with Crippen molar-refractivity contribution < 1.29 is 53.2 Å². The lowest BCUT2D eigenvalue weighted by Crippen LogP contribution is -2.60. The molecule has 2 unspecified atom stereocenters. The van der Waals surface area contributed by atoms with E-state index in [0.717, 1.165) is 19.3 Å². The van der Waals surface area contributed by atoms with Gasteiger partial charge >= 0.3 is 18.0 Å². The average molecular weight is 757 g/mol. The standard InChI is InChI=1S/C36H64N6O11/c1-6-14-24(30(46)34(50)38-22-28(45)52-21-7-2)39-31(47)25(17-11-12-20-37)40-33(49)29(23-15-9-8-10-16-23)42-32(48)26(18-13-19-27(43)44)41-35(51)53-36(3,4)5/h23-26,29-30,46H,6-22,37H2,1-5H3,(H,38,50)(H,39,47)(H,40,49)(H,41,51)(H,42,48)(H,43,44)/t24?,25-,26-,29-,30?/m0/s1. The van der Waals surface area contributed by atoms with Crippen LogP contribution in [0.1, 0.15) is 125 Å². The third-order valence-corrected chi connectivity index (χ3v) is 8.62. The predicted octanol–water partition coefficient (Wildman–Crippen LogP) is 1.53. The molecule has 9 N–H and O–H groups in total. The second-order valence-electron chi connectivity index (χ2n) is 14.5. The van der Waals surface area contributed by atoms with Crippen LogP contribution < -0.4 is 32.3 Å². The quantitative estimate of drug-likeness (QED) is 0.0515. The molecule has 0 aromatic carbocycles. The Morgan fingerprint density at radius 3 is 1.98 bits per heavy atom. The number of hydrogen-bond donors (Lipinski definition) is 8. The van der Waals surface area contributed by atoms with Gasteiger partial charge in [-0.25, -0.2) is 4.79 Å². The van der Waals surface area contributed by atoms with E-state index in [-0.39, 0.29) is 44.6 Å². The normalized spacial score (nSPS) is 16.1. The van der Waals surface area contributed by atoms with Crippen LogP contribution in [0.5, 0.6) is 0 Å². The van der Waals surface area contributed by atoms with Crippen LogP contribution in [-0.2, 0) is 38.2 Å². The summed E-state index contributed by atoms with van der Waals surface area (Å²) < 4.78 is 10.3. The first-order valence-electron chi connectivity index (χ1n) is 19.0. The number of unbranched alkanes of at least 4 members (excludes halogenated alkanes) is 1. The first-order chi connectivity index (χ1) is 25.0. The molecule has 0 bridgehead atoms. The fourth-order valence-electron chi connectivity index (χ4n) is 5.93. The van der Waals surface area contributed by atoms with E-state index in [1.54, 1.807) is 27.7 Å². The van der Waals surface area contributed by atoms with E-state index in [1.807, 2.05) is 6.92 Å². The highest BCUT2D eigenvalue weighted by atomic mass is 16.6. The minimum absolute atomic E-state index is 0.0326. The number of carbonyl (C=O) groups is 7. The largest absolute Gasteiger partial charge is 0.481 e. The summed E-state index contributed by atoms with van der Waals surface area (Å²) in [7, 11) is 0. The molecule has 0 aromatic heterocycles. The lowest BCUT2D eigenvalue weighted by Gasteiger charge is -2.33. The van der Waals surface area contributed by atoms with Crippen LogP contribution in [0.3, 0.4) is 0 Å². The van der Waals surface area contributed by atoms with Crippen LogP contribution in [0.4, 0.5) is 4.79 Å². The van der Waals surface area contributed by atoms with E-state index in [0.29, 0.717) is 45.1 Å². The molecule has 1 aliphatic carbocycles. The summed E-state index contributed by atoms with van der Waals surface area (Å²) in [6.07, 6.45) is 3.52. The van der Waals surface area contributed by atoms with Crippen molar-refractivity contribution in [2.45, 2.75) is 160 Å². The number of aliphatic carboxylic acids is 1. The van der Waals surface area contributed by atoms with Gasteiger partial charge in [0.05, 0.1) is 12.6 Å². The van der Waals surface area contributed by atoms with Gasteiger partial charge in [0.25, 0.3) is 5.91 Å². The summed E-state index contributed by atoms with van der Waals surface area (Å²) in [4.78, 5) is 89.9. The monoisotopic (exact) mass is 756 g/mol. The summed E-state index contributed by atoms with van der Waals surface area (Å²) >= 11 is 0. The minimum atomic E-state index is -1.71. The van der Waals surface area contributed by atoms with Gasteiger partial charge in [0, 0.05) is 6.42 Å². The highest BCUT2D eigenvalue weighted by Crippen LogP contribution is 2.27. The van der Waals surface area contributed by atoms with Gasteiger partial charge in [0.1, 0.15) is 30.3 Å². The van der Waals surface area contributed by atoms with E-state index in [4.69, 9.17) is 20.3 Å². The number of nitrogens with one attached hydrogen (secondary N) is 5. The van der Waals surface area contributed by atoms with Gasteiger partial charge in [-0.2, -0.15) is 0 Å². The molecule has 0 radical (unpaired) electrons. The number of aliphatic hydroxyl groups excluding tert-OH is 1. The van der Waals surface area contributed by atoms with Gasteiger partial charge in [-0.15, -0.1) is 0 Å². The fraction of sp³-hybridized carbons (Fsp3) is 0.806. The molecule has 1 rings (SSSR count). The molecule has 0 spiro atoms. The lowest BCUT2D eigenvalue weighted by atomic mass is 9.83. The van der Waals surface area contributed by atoms with E-state index in [1.165, 1.54) is 0 Å². The van der Waals surface area contributed by atoms with Gasteiger partial charge in [0.15, 0.2) is 6.10 Å². The third kappa shape index (κ3) is 19.6. The fourth-order valence-corrected chi connectivity index (χ4v) is 5.93. The van der Waals surface area contributed by atoms with Crippen LogP contribution in [-0.4, -0.2) is 107 Å². The first-order valence-corrected chi connectivity index (χ1v) is 19.0. The second-order valence-corrected chi connectivity index (χ2v) is 14.5. The highest BCUT2D eigenvalue weighted by Gasteiger charge is 2.36. The van der Waals surface area contributed by atoms with Crippen LogP contribution in [0.25, 0.3) is 0 Å². The van der Waals surface area contributed by atoms with Gasteiger partial charge in [-0.05, 0) is 91.0 Å². The lowest BCUT2D eigenvalue weighted by molar-refractivity contribution is -0.145. The number of amides is 5. The topological polar surface area (TPSA) is 265 Å². The minimum Gasteiger partial charge on any atom is -0.481 e. The molecule has 5 amide bonds. The summed E-state index contributed by atoms with van der Waals surface area (Å²) in [5.74, 6) is -4.89. The smallest absolute Gasteiger partial charge is 0.408 e. The molecule has 17 nitrogen and oxygen atoms in total. The summed E-state index contributed by atoms with van der Waals surface area (Å²) in [6.45, 7) is 8.66. The van der Waals surface area contributed by atoms with Crippen LogP contribution >= 0.6 is 0 Å². The maximum atomic E-state index is 14.1. The Morgan fingerprint density at radius 2 is 1.40 bits per heavy atom. The maximum absolute atomic E-state index is 14.1. The number of carbonyl (C=O) groups excluding carboxylic acids is 6. The molecule has 0 aliphatic heterocycles. The Kier molecular flexibility index (Phi) is 22.3. The van der Waals surface area contributed by atoms with Crippen molar-refractivity contribution in [1.29, 1.82) is 0 Å². The third-order valence-electron chi connectivity index (χ3n) is 8.62. The van der Waals surface area contributed by atoms with E-state index >= 15 is 0 Å². The Morgan fingerprint density at radius 1 is 0.774 bits per heavy atom. The molecule has 0 heterocycles. The summed E-state index contributed by atoms with van der Waals surface area (Å²) in [5, 5.41) is 33.1. The number of carboxylic acids is 1. The molecule has 5 atom stereocenters. The van der Waals surface area contributed by atoms with E-state index < -0.39 is 84.1 Å². The summed E-state index contributed by atoms with van der Waals surface area (Å²) in [6, 6.07) is -4.47. The van der Waals surface area contributed by atoms with Gasteiger partial charge in [-0.3, -0.25) is 28.8 Å². The number of alkyl carbamates (subject to hydrolysis) is 1. The van der Waals surface area contributed by atoms with Crippen molar-refractivity contribution >= 4 is 41.7 Å². The van der Waals surface area contributed by atoms with Crippen LogP contribution in [0.15, 0.2) is 0 Å². The molecule has 1 fully saturated rings. The zero-order valence-electron chi connectivity index (χ0n) is 32.1. The van der Waals surface area contributed by atoms with Gasteiger partial charge < -0.3 is 52.0 Å². The number of carboxylic acid groups (broad SMARTS) is 1. The molecular formula is C36H64N6O11. The molecule has 0 saturated heterocycles. The van der Waals surface area contributed by atoms with Crippen molar-refractivity contribution in [2.75, 3.05) is 19.7 Å². The molecule has 1 aliphatic rings.